The lowest BCUT2D eigenvalue weighted by Gasteiger charge is -2.29. The molecule has 3 heteroatoms. The molecule has 0 aliphatic heterocycles. The van der Waals surface area contributed by atoms with Crippen molar-refractivity contribution in [3.05, 3.63) is 24.8 Å². The zero-order valence-electron chi connectivity index (χ0n) is 8.29. The standard InChI is InChI=1S/C11H14O3/c1-3-6-11(10(13)14-2)7-4-5-9(12)8-11/h3-5H,1,6-8H2,2H3. The number of hydrogen-bond donors (Lipinski definition) is 0. The van der Waals surface area contributed by atoms with E-state index in [2.05, 4.69) is 6.58 Å². The van der Waals surface area contributed by atoms with Crippen molar-refractivity contribution < 1.29 is 14.3 Å². The van der Waals surface area contributed by atoms with E-state index in [4.69, 9.17) is 4.74 Å². The molecular weight excluding hydrogens is 180 g/mol. The summed E-state index contributed by atoms with van der Waals surface area (Å²) < 4.78 is 4.72. The fourth-order valence-corrected chi connectivity index (χ4v) is 1.77. The van der Waals surface area contributed by atoms with Crippen LogP contribution in [0, 0.1) is 5.41 Å². The Labute approximate surface area is 83.4 Å². The van der Waals surface area contributed by atoms with Crippen molar-refractivity contribution in [1.82, 2.24) is 0 Å². The van der Waals surface area contributed by atoms with E-state index < -0.39 is 5.41 Å². The highest BCUT2D eigenvalue weighted by atomic mass is 16.5. The summed E-state index contributed by atoms with van der Waals surface area (Å²) in [5.74, 6) is -0.349. The first-order chi connectivity index (χ1) is 6.64. The first kappa shape index (κ1) is 10.7. The average molecular weight is 194 g/mol. The number of methoxy groups -OCH3 is 1. The van der Waals surface area contributed by atoms with Gasteiger partial charge in [-0.3, -0.25) is 9.59 Å². The molecule has 0 aromatic carbocycles. The van der Waals surface area contributed by atoms with Crippen LogP contribution < -0.4 is 0 Å². The zero-order valence-corrected chi connectivity index (χ0v) is 8.29. The summed E-state index contributed by atoms with van der Waals surface area (Å²) in [5, 5.41) is 0. The largest absolute Gasteiger partial charge is 0.469 e. The summed E-state index contributed by atoms with van der Waals surface area (Å²) in [7, 11) is 1.34. The lowest BCUT2D eigenvalue weighted by molar-refractivity contribution is -0.154. The van der Waals surface area contributed by atoms with Crippen LogP contribution in [0.2, 0.25) is 0 Å². The average Bonchev–Trinajstić information content (AvgIpc) is 2.17. The van der Waals surface area contributed by atoms with Crippen LogP contribution in [-0.4, -0.2) is 18.9 Å². The summed E-state index contributed by atoms with van der Waals surface area (Å²) in [5.41, 5.74) is -0.706. The first-order valence-corrected chi connectivity index (χ1v) is 4.53. The molecule has 3 nitrogen and oxygen atoms in total. The minimum atomic E-state index is -0.706. The van der Waals surface area contributed by atoms with Crippen LogP contribution >= 0.6 is 0 Å². The molecule has 0 heterocycles. The van der Waals surface area contributed by atoms with Gasteiger partial charge in [-0.2, -0.15) is 0 Å². The number of hydrogen-bond acceptors (Lipinski definition) is 3. The molecule has 14 heavy (non-hydrogen) atoms. The number of allylic oxidation sites excluding steroid dienone is 3. The molecule has 0 aromatic rings. The van der Waals surface area contributed by atoms with Crippen molar-refractivity contribution in [3.8, 4) is 0 Å². The monoisotopic (exact) mass is 194 g/mol. The van der Waals surface area contributed by atoms with Gasteiger partial charge in [0.1, 0.15) is 0 Å². The van der Waals surface area contributed by atoms with Gasteiger partial charge in [0.2, 0.25) is 0 Å². The number of carbonyl (C=O) groups is 2. The van der Waals surface area contributed by atoms with E-state index in [0.29, 0.717) is 12.8 Å². The number of esters is 1. The van der Waals surface area contributed by atoms with Gasteiger partial charge in [0.05, 0.1) is 12.5 Å². The van der Waals surface area contributed by atoms with Crippen molar-refractivity contribution in [1.29, 1.82) is 0 Å². The minimum absolute atomic E-state index is 0.0245. The molecule has 0 fully saturated rings. The maximum atomic E-state index is 11.6. The molecule has 0 saturated heterocycles. The van der Waals surface area contributed by atoms with E-state index >= 15 is 0 Å². The molecule has 1 aliphatic rings. The van der Waals surface area contributed by atoms with Gasteiger partial charge in [-0.05, 0) is 18.9 Å². The Balaban J connectivity index is 2.92. The van der Waals surface area contributed by atoms with Crippen molar-refractivity contribution in [2.75, 3.05) is 7.11 Å². The molecule has 0 radical (unpaired) electrons. The smallest absolute Gasteiger partial charge is 0.312 e. The highest BCUT2D eigenvalue weighted by Crippen LogP contribution is 2.36. The van der Waals surface area contributed by atoms with Crippen molar-refractivity contribution >= 4 is 11.8 Å². The Morgan fingerprint density at radius 2 is 2.50 bits per heavy atom. The van der Waals surface area contributed by atoms with Gasteiger partial charge in [0.15, 0.2) is 5.78 Å². The molecule has 76 valence electrons. The third kappa shape index (κ3) is 1.92. The molecule has 0 aromatic heterocycles. The van der Waals surface area contributed by atoms with Crippen LogP contribution in [0.5, 0.6) is 0 Å². The maximum absolute atomic E-state index is 11.6. The van der Waals surface area contributed by atoms with E-state index in [1.54, 1.807) is 12.2 Å². The predicted molar refractivity (Wildman–Crippen MR) is 52.6 cm³/mol. The van der Waals surface area contributed by atoms with Gasteiger partial charge < -0.3 is 4.74 Å². The van der Waals surface area contributed by atoms with Crippen molar-refractivity contribution in [2.45, 2.75) is 19.3 Å². The highest BCUT2D eigenvalue weighted by molar-refractivity contribution is 5.95. The van der Waals surface area contributed by atoms with Crippen molar-refractivity contribution in [2.24, 2.45) is 5.41 Å². The quantitative estimate of drug-likeness (QED) is 0.506. The van der Waals surface area contributed by atoms with Crippen LogP contribution in [0.15, 0.2) is 24.8 Å². The minimum Gasteiger partial charge on any atom is -0.469 e. The summed E-state index contributed by atoms with van der Waals surface area (Å²) in [6.45, 7) is 3.60. The molecule has 1 aliphatic carbocycles. The van der Waals surface area contributed by atoms with Gasteiger partial charge in [0.25, 0.3) is 0 Å². The SMILES string of the molecule is C=CCC1(C(=O)OC)CC=CC(=O)C1. The van der Waals surface area contributed by atoms with Crippen LogP contribution in [0.3, 0.4) is 0 Å². The molecule has 0 amide bonds. The fourth-order valence-electron chi connectivity index (χ4n) is 1.77. The lowest BCUT2D eigenvalue weighted by Crippen LogP contribution is -2.35. The highest BCUT2D eigenvalue weighted by Gasteiger charge is 2.40. The summed E-state index contributed by atoms with van der Waals surface area (Å²) in [4.78, 5) is 22.8. The Hall–Kier alpha value is -1.38. The van der Waals surface area contributed by atoms with E-state index in [1.807, 2.05) is 0 Å². The topological polar surface area (TPSA) is 43.4 Å². The second-order valence-electron chi connectivity index (χ2n) is 3.51. The van der Waals surface area contributed by atoms with E-state index in [9.17, 15) is 9.59 Å². The Kier molecular flexibility index (Phi) is 3.23. The first-order valence-electron chi connectivity index (χ1n) is 4.53. The molecule has 0 bridgehead atoms. The lowest BCUT2D eigenvalue weighted by atomic mass is 9.74. The Morgan fingerprint density at radius 3 is 3.00 bits per heavy atom. The van der Waals surface area contributed by atoms with E-state index in [0.717, 1.165) is 0 Å². The summed E-state index contributed by atoms with van der Waals surface area (Å²) >= 11 is 0. The molecule has 0 spiro atoms. The Bertz CT molecular complexity index is 291. The fraction of sp³-hybridized carbons (Fsp3) is 0.455. The molecular formula is C11H14O3. The second kappa shape index (κ2) is 4.22. The number of rotatable bonds is 3. The Morgan fingerprint density at radius 1 is 1.79 bits per heavy atom. The second-order valence-corrected chi connectivity index (χ2v) is 3.51. The van der Waals surface area contributed by atoms with Crippen molar-refractivity contribution in [3.63, 3.8) is 0 Å². The molecule has 0 saturated carbocycles. The number of ether oxygens (including phenoxy) is 1. The number of carbonyl (C=O) groups excluding carboxylic acids is 2. The van der Waals surface area contributed by atoms with Gasteiger partial charge in [-0.1, -0.05) is 12.2 Å². The predicted octanol–water partition coefficient (Wildman–Crippen LogP) is 1.64. The zero-order chi connectivity index (χ0) is 10.6. The molecule has 0 N–H and O–H groups in total. The molecule has 1 atom stereocenters. The molecule has 1 unspecified atom stereocenters. The van der Waals surface area contributed by atoms with E-state index in [-0.39, 0.29) is 18.2 Å². The van der Waals surface area contributed by atoms with Gasteiger partial charge >= 0.3 is 5.97 Å². The normalized spacial score (nSPS) is 25.9. The molecule has 1 rings (SSSR count). The third-order valence-electron chi connectivity index (χ3n) is 2.48. The third-order valence-corrected chi connectivity index (χ3v) is 2.48. The van der Waals surface area contributed by atoms with Gasteiger partial charge in [-0.25, -0.2) is 0 Å². The number of ketones is 1. The van der Waals surface area contributed by atoms with Gasteiger partial charge in [-0.15, -0.1) is 6.58 Å². The summed E-state index contributed by atoms with van der Waals surface area (Å²) in [6, 6.07) is 0. The van der Waals surface area contributed by atoms with Gasteiger partial charge in [0, 0.05) is 6.42 Å². The van der Waals surface area contributed by atoms with Crippen LogP contribution in [0.25, 0.3) is 0 Å². The summed E-state index contributed by atoms with van der Waals surface area (Å²) in [6.07, 6.45) is 6.16. The maximum Gasteiger partial charge on any atom is 0.312 e. The van der Waals surface area contributed by atoms with E-state index in [1.165, 1.54) is 13.2 Å². The van der Waals surface area contributed by atoms with Crippen LogP contribution in [0.4, 0.5) is 0 Å². The van der Waals surface area contributed by atoms with Crippen LogP contribution in [0.1, 0.15) is 19.3 Å². The van der Waals surface area contributed by atoms with Crippen LogP contribution in [-0.2, 0) is 14.3 Å².